The fourth-order valence-electron chi connectivity index (χ4n) is 1.97. The molecule has 6 nitrogen and oxygen atoms in total. The van der Waals surface area contributed by atoms with E-state index >= 15 is 0 Å². The number of hydrogen-bond donors (Lipinski definition) is 1. The fourth-order valence-corrected chi connectivity index (χ4v) is 1.97. The van der Waals surface area contributed by atoms with Gasteiger partial charge >= 0.3 is 12.1 Å². The van der Waals surface area contributed by atoms with Gasteiger partial charge in [-0.15, -0.1) is 0 Å². The lowest BCUT2D eigenvalue weighted by molar-refractivity contribution is -0.141. The van der Waals surface area contributed by atoms with Gasteiger partial charge in [-0.25, -0.2) is 9.67 Å². The predicted molar refractivity (Wildman–Crippen MR) is 70.5 cm³/mol. The van der Waals surface area contributed by atoms with E-state index in [1.54, 1.807) is 13.8 Å². The second kappa shape index (κ2) is 5.39. The molecule has 0 amide bonds. The number of alkyl halides is 3. The minimum absolute atomic E-state index is 0.0899. The quantitative estimate of drug-likeness (QED) is 0.936. The van der Waals surface area contributed by atoms with Crippen LogP contribution < -0.4 is 5.56 Å². The van der Waals surface area contributed by atoms with Crippen LogP contribution in [0.5, 0.6) is 0 Å². The van der Waals surface area contributed by atoms with E-state index in [1.807, 2.05) is 0 Å². The molecule has 0 aliphatic heterocycles. The summed E-state index contributed by atoms with van der Waals surface area (Å²) in [5.74, 6) is -1.61. The molecular formula is C13H12F3N3O3. The summed E-state index contributed by atoms with van der Waals surface area (Å²) in [7, 11) is 0. The van der Waals surface area contributed by atoms with E-state index in [9.17, 15) is 22.8 Å². The molecule has 0 aliphatic carbocycles. The molecule has 0 spiro atoms. The number of carbonyl (C=O) groups is 1. The van der Waals surface area contributed by atoms with Crippen molar-refractivity contribution in [3.05, 3.63) is 33.9 Å². The smallest absolute Gasteiger partial charge is 0.433 e. The second-order valence-corrected chi connectivity index (χ2v) is 4.99. The van der Waals surface area contributed by atoms with Gasteiger partial charge in [0.25, 0.3) is 5.56 Å². The molecule has 0 saturated heterocycles. The van der Waals surface area contributed by atoms with E-state index in [1.165, 1.54) is 0 Å². The first kappa shape index (κ1) is 15.9. The van der Waals surface area contributed by atoms with Crippen LogP contribution in [0.25, 0.3) is 10.9 Å². The molecule has 0 aliphatic rings. The first-order valence-corrected chi connectivity index (χ1v) is 6.32. The fraction of sp³-hybridized carbons (Fsp3) is 0.385. The molecule has 0 bridgehead atoms. The van der Waals surface area contributed by atoms with Gasteiger partial charge in [-0.1, -0.05) is 13.8 Å². The Labute approximate surface area is 122 Å². The van der Waals surface area contributed by atoms with Crippen molar-refractivity contribution in [2.45, 2.75) is 32.5 Å². The molecule has 2 aromatic rings. The zero-order valence-electron chi connectivity index (χ0n) is 11.7. The molecule has 0 radical (unpaired) electrons. The topological polar surface area (TPSA) is 85.1 Å². The van der Waals surface area contributed by atoms with Gasteiger partial charge in [0.2, 0.25) is 0 Å². The van der Waals surface area contributed by atoms with Gasteiger partial charge in [-0.2, -0.15) is 18.3 Å². The highest BCUT2D eigenvalue weighted by Crippen LogP contribution is 2.29. The molecule has 0 fully saturated rings. The van der Waals surface area contributed by atoms with E-state index in [0.29, 0.717) is 6.07 Å². The summed E-state index contributed by atoms with van der Waals surface area (Å²) in [5, 5.41) is 12.5. The molecule has 0 unspecified atom stereocenters. The highest BCUT2D eigenvalue weighted by Gasteiger charge is 2.33. The van der Waals surface area contributed by atoms with Crippen molar-refractivity contribution in [1.29, 1.82) is 0 Å². The van der Waals surface area contributed by atoms with Gasteiger partial charge in [-0.05, 0) is 18.1 Å². The van der Waals surface area contributed by atoms with Crippen LogP contribution >= 0.6 is 0 Å². The average molecular weight is 315 g/mol. The Hall–Kier alpha value is -2.45. The number of carboxylic acids is 1. The number of aromatic nitrogens is 3. The Morgan fingerprint density at radius 3 is 2.50 bits per heavy atom. The third-order valence-electron chi connectivity index (χ3n) is 2.95. The van der Waals surface area contributed by atoms with Gasteiger partial charge in [0.1, 0.15) is 17.8 Å². The van der Waals surface area contributed by atoms with Gasteiger partial charge in [0.05, 0.1) is 11.1 Å². The lowest BCUT2D eigenvalue weighted by Gasteiger charge is -2.13. The van der Waals surface area contributed by atoms with Gasteiger partial charge < -0.3 is 5.11 Å². The van der Waals surface area contributed by atoms with Crippen molar-refractivity contribution < 1.29 is 23.1 Å². The summed E-state index contributed by atoms with van der Waals surface area (Å²) >= 11 is 0. The van der Waals surface area contributed by atoms with Crippen LogP contribution in [0.2, 0.25) is 0 Å². The molecular weight excluding hydrogens is 303 g/mol. The maximum atomic E-state index is 12.8. The Morgan fingerprint density at radius 2 is 2.00 bits per heavy atom. The number of fused-ring (bicyclic) bond motifs is 1. The van der Waals surface area contributed by atoms with E-state index < -0.39 is 29.9 Å². The van der Waals surface area contributed by atoms with E-state index in [4.69, 9.17) is 5.11 Å². The Morgan fingerprint density at radius 1 is 1.36 bits per heavy atom. The first-order chi connectivity index (χ1) is 10.1. The van der Waals surface area contributed by atoms with Gasteiger partial charge in [0.15, 0.2) is 0 Å². The maximum Gasteiger partial charge on any atom is 0.433 e. The number of carboxylic acid groups (broad SMARTS) is 1. The van der Waals surface area contributed by atoms with Crippen LogP contribution in [-0.2, 0) is 17.5 Å². The summed E-state index contributed by atoms with van der Waals surface area (Å²) in [5.41, 5.74) is -1.93. The molecule has 9 heteroatoms. The molecule has 0 atom stereocenters. The average Bonchev–Trinajstić information content (AvgIpc) is 2.39. The standard InChI is InChI=1S/C13H12F3N3O3/c1-6(2)10-11-7(3-4-8(17-11)13(14,15)16)12(22)19(18-10)5-9(20)21/h3-4,6H,5H2,1-2H3,(H,20,21). The summed E-state index contributed by atoms with van der Waals surface area (Å²) in [6.07, 6.45) is -4.64. The second-order valence-electron chi connectivity index (χ2n) is 4.99. The molecule has 0 aromatic carbocycles. The minimum Gasteiger partial charge on any atom is -0.480 e. The molecule has 1 N–H and O–H groups in total. The zero-order valence-corrected chi connectivity index (χ0v) is 11.7. The maximum absolute atomic E-state index is 12.8. The summed E-state index contributed by atoms with van der Waals surface area (Å²) in [6.45, 7) is 2.66. The third-order valence-corrected chi connectivity index (χ3v) is 2.95. The highest BCUT2D eigenvalue weighted by molar-refractivity contribution is 5.80. The Kier molecular flexibility index (Phi) is 3.90. The van der Waals surface area contributed by atoms with Gasteiger partial charge in [-0.3, -0.25) is 9.59 Å². The van der Waals surface area contributed by atoms with Crippen molar-refractivity contribution in [3.8, 4) is 0 Å². The van der Waals surface area contributed by atoms with Crippen LogP contribution in [0.15, 0.2) is 16.9 Å². The molecule has 2 rings (SSSR count). The highest BCUT2D eigenvalue weighted by atomic mass is 19.4. The molecule has 2 heterocycles. The van der Waals surface area contributed by atoms with E-state index in [-0.39, 0.29) is 22.5 Å². The SMILES string of the molecule is CC(C)c1nn(CC(=O)O)c(=O)c2ccc(C(F)(F)F)nc12. The molecule has 2 aromatic heterocycles. The number of rotatable bonds is 3. The van der Waals surface area contributed by atoms with Crippen molar-refractivity contribution in [3.63, 3.8) is 0 Å². The van der Waals surface area contributed by atoms with Crippen molar-refractivity contribution in [1.82, 2.24) is 14.8 Å². The van der Waals surface area contributed by atoms with Crippen LogP contribution in [0.4, 0.5) is 13.2 Å². The first-order valence-electron chi connectivity index (χ1n) is 6.32. The van der Waals surface area contributed by atoms with Gasteiger partial charge in [0, 0.05) is 0 Å². The number of halogens is 3. The Bertz CT molecular complexity index is 797. The zero-order chi connectivity index (χ0) is 16.7. The monoisotopic (exact) mass is 315 g/mol. The lowest BCUT2D eigenvalue weighted by atomic mass is 10.1. The summed E-state index contributed by atoms with van der Waals surface area (Å²) in [4.78, 5) is 26.4. The molecule has 22 heavy (non-hydrogen) atoms. The third kappa shape index (κ3) is 2.92. The number of nitrogens with zero attached hydrogens (tertiary/aromatic N) is 3. The molecule has 0 saturated carbocycles. The number of aliphatic carboxylic acids is 1. The van der Waals surface area contributed by atoms with Crippen LogP contribution in [-0.4, -0.2) is 25.8 Å². The van der Waals surface area contributed by atoms with Crippen LogP contribution in [0, 0.1) is 0 Å². The van der Waals surface area contributed by atoms with Crippen molar-refractivity contribution in [2.75, 3.05) is 0 Å². The van der Waals surface area contributed by atoms with Crippen molar-refractivity contribution in [2.24, 2.45) is 0 Å². The lowest BCUT2D eigenvalue weighted by Crippen LogP contribution is -2.29. The number of hydrogen-bond acceptors (Lipinski definition) is 4. The Balaban J connectivity index is 2.81. The van der Waals surface area contributed by atoms with Crippen LogP contribution in [0.3, 0.4) is 0 Å². The van der Waals surface area contributed by atoms with E-state index in [2.05, 4.69) is 10.1 Å². The molecule has 118 valence electrons. The summed E-state index contributed by atoms with van der Waals surface area (Å²) < 4.78 is 39.0. The van der Waals surface area contributed by atoms with E-state index in [0.717, 1.165) is 10.7 Å². The number of pyridine rings is 1. The summed E-state index contributed by atoms with van der Waals surface area (Å²) in [6, 6.07) is 1.69. The van der Waals surface area contributed by atoms with Crippen LogP contribution in [0.1, 0.15) is 31.2 Å². The van der Waals surface area contributed by atoms with Crippen molar-refractivity contribution >= 4 is 16.9 Å². The minimum atomic E-state index is -4.64. The normalized spacial score (nSPS) is 12.1. The predicted octanol–water partition coefficient (Wildman–Crippen LogP) is 2.02. The largest absolute Gasteiger partial charge is 0.480 e.